The summed E-state index contributed by atoms with van der Waals surface area (Å²) in [5.41, 5.74) is 1.38. The van der Waals surface area contributed by atoms with Gasteiger partial charge in [0.2, 0.25) is 0 Å². The van der Waals surface area contributed by atoms with Crippen molar-refractivity contribution in [2.45, 2.75) is 13.8 Å². The van der Waals surface area contributed by atoms with E-state index < -0.39 is 0 Å². The minimum absolute atomic E-state index is 0.192. The Hall–Kier alpha value is -2.28. The van der Waals surface area contributed by atoms with E-state index in [-0.39, 0.29) is 11.1 Å². The highest BCUT2D eigenvalue weighted by Gasteiger charge is 2.16. The topological polar surface area (TPSA) is 59.9 Å². The second kappa shape index (κ2) is 4.92. The fourth-order valence-corrected chi connectivity index (χ4v) is 2.20. The van der Waals surface area contributed by atoms with Crippen molar-refractivity contribution in [1.29, 1.82) is 5.26 Å². The average Bonchev–Trinajstić information content (AvgIpc) is 2.40. The normalized spacial score (nSPS) is 10.3. The Balaban J connectivity index is 2.90. The standard InChI is InChI=1S/C14H15N3O/c1-3-17(4-2)13-10-7-5-6-8-12(10)16-14(18)11(13)9-15/h5-8H,3-4H2,1-2H3,(H,16,18). The first-order valence-corrected chi connectivity index (χ1v) is 6.03. The lowest BCUT2D eigenvalue weighted by Gasteiger charge is -2.23. The molecular weight excluding hydrogens is 226 g/mol. The number of fused-ring (bicyclic) bond motifs is 1. The van der Waals surface area contributed by atoms with E-state index in [4.69, 9.17) is 0 Å². The molecule has 1 heterocycles. The summed E-state index contributed by atoms with van der Waals surface area (Å²) in [4.78, 5) is 16.7. The van der Waals surface area contributed by atoms with Crippen LogP contribution in [0.1, 0.15) is 19.4 Å². The Labute approximate surface area is 105 Å². The van der Waals surface area contributed by atoms with Gasteiger partial charge >= 0.3 is 0 Å². The molecule has 18 heavy (non-hydrogen) atoms. The van der Waals surface area contributed by atoms with Crippen LogP contribution in [0.5, 0.6) is 0 Å². The molecule has 0 spiro atoms. The maximum Gasteiger partial charge on any atom is 0.268 e. The van der Waals surface area contributed by atoms with Gasteiger partial charge in [-0.2, -0.15) is 5.26 Å². The number of para-hydroxylation sites is 1. The third-order valence-corrected chi connectivity index (χ3v) is 3.09. The minimum atomic E-state index is -0.321. The van der Waals surface area contributed by atoms with Crippen LogP contribution in [0.15, 0.2) is 29.1 Å². The third-order valence-electron chi connectivity index (χ3n) is 3.09. The Morgan fingerprint density at radius 1 is 1.28 bits per heavy atom. The van der Waals surface area contributed by atoms with Crippen molar-refractivity contribution >= 4 is 16.6 Å². The second-order valence-electron chi connectivity index (χ2n) is 4.01. The third kappa shape index (κ3) is 1.84. The van der Waals surface area contributed by atoms with E-state index in [1.54, 1.807) is 0 Å². The van der Waals surface area contributed by atoms with E-state index in [9.17, 15) is 10.1 Å². The molecule has 0 bridgehead atoms. The van der Waals surface area contributed by atoms with Gasteiger partial charge in [0, 0.05) is 18.5 Å². The number of pyridine rings is 1. The van der Waals surface area contributed by atoms with Crippen molar-refractivity contribution in [3.8, 4) is 6.07 Å². The summed E-state index contributed by atoms with van der Waals surface area (Å²) in [6.07, 6.45) is 0. The molecule has 0 aliphatic carbocycles. The molecule has 0 fully saturated rings. The lowest BCUT2D eigenvalue weighted by Crippen LogP contribution is -2.26. The predicted octanol–water partition coefficient (Wildman–Crippen LogP) is 2.25. The molecule has 0 radical (unpaired) electrons. The zero-order chi connectivity index (χ0) is 13.1. The molecule has 0 aliphatic rings. The molecule has 2 aromatic rings. The Morgan fingerprint density at radius 2 is 1.94 bits per heavy atom. The fraction of sp³-hybridized carbons (Fsp3) is 0.286. The summed E-state index contributed by atoms with van der Waals surface area (Å²) < 4.78 is 0. The summed E-state index contributed by atoms with van der Waals surface area (Å²) in [7, 11) is 0. The van der Waals surface area contributed by atoms with E-state index >= 15 is 0 Å². The molecule has 0 aliphatic heterocycles. The molecule has 0 unspecified atom stereocenters. The zero-order valence-corrected chi connectivity index (χ0v) is 10.5. The van der Waals surface area contributed by atoms with Crippen LogP contribution in [0.2, 0.25) is 0 Å². The maximum absolute atomic E-state index is 11.9. The first-order valence-electron chi connectivity index (χ1n) is 6.03. The monoisotopic (exact) mass is 241 g/mol. The number of benzene rings is 1. The Kier molecular flexibility index (Phi) is 3.33. The number of hydrogen-bond donors (Lipinski definition) is 1. The summed E-state index contributed by atoms with van der Waals surface area (Å²) >= 11 is 0. The molecule has 0 saturated heterocycles. The van der Waals surface area contributed by atoms with E-state index in [1.165, 1.54) is 0 Å². The number of anilines is 1. The number of aromatic nitrogens is 1. The van der Waals surface area contributed by atoms with Gasteiger partial charge in [-0.1, -0.05) is 18.2 Å². The number of nitriles is 1. The van der Waals surface area contributed by atoms with Crippen molar-refractivity contribution in [2.75, 3.05) is 18.0 Å². The molecular formula is C14H15N3O. The molecule has 1 aromatic heterocycles. The van der Waals surface area contributed by atoms with Crippen LogP contribution in [0.4, 0.5) is 5.69 Å². The van der Waals surface area contributed by atoms with Crippen molar-refractivity contribution in [2.24, 2.45) is 0 Å². The van der Waals surface area contributed by atoms with Gasteiger partial charge in [-0.25, -0.2) is 0 Å². The largest absolute Gasteiger partial charge is 0.370 e. The zero-order valence-electron chi connectivity index (χ0n) is 10.5. The van der Waals surface area contributed by atoms with Crippen LogP contribution in [-0.4, -0.2) is 18.1 Å². The lowest BCUT2D eigenvalue weighted by molar-refractivity contribution is 0.866. The first-order chi connectivity index (χ1) is 8.72. The van der Waals surface area contributed by atoms with Crippen LogP contribution in [-0.2, 0) is 0 Å². The quantitative estimate of drug-likeness (QED) is 0.896. The minimum Gasteiger partial charge on any atom is -0.370 e. The molecule has 0 atom stereocenters. The van der Waals surface area contributed by atoms with Crippen molar-refractivity contribution in [1.82, 2.24) is 4.98 Å². The van der Waals surface area contributed by atoms with Gasteiger partial charge < -0.3 is 9.88 Å². The van der Waals surface area contributed by atoms with Crippen LogP contribution < -0.4 is 10.5 Å². The predicted molar refractivity (Wildman–Crippen MR) is 72.8 cm³/mol. The van der Waals surface area contributed by atoms with Crippen molar-refractivity contribution in [3.05, 3.63) is 40.2 Å². The second-order valence-corrected chi connectivity index (χ2v) is 4.01. The van der Waals surface area contributed by atoms with Gasteiger partial charge in [-0.3, -0.25) is 4.79 Å². The summed E-state index contributed by atoms with van der Waals surface area (Å²) in [5.74, 6) is 0. The highest BCUT2D eigenvalue weighted by atomic mass is 16.1. The molecule has 0 amide bonds. The number of aromatic amines is 1. The molecule has 92 valence electrons. The molecule has 4 nitrogen and oxygen atoms in total. The fourth-order valence-electron chi connectivity index (χ4n) is 2.20. The van der Waals surface area contributed by atoms with E-state index in [0.717, 1.165) is 29.7 Å². The van der Waals surface area contributed by atoms with Crippen molar-refractivity contribution in [3.63, 3.8) is 0 Å². The van der Waals surface area contributed by atoms with Crippen LogP contribution in [0.25, 0.3) is 10.9 Å². The average molecular weight is 241 g/mol. The molecule has 2 rings (SSSR count). The van der Waals surface area contributed by atoms with Gasteiger partial charge in [0.25, 0.3) is 5.56 Å². The van der Waals surface area contributed by atoms with Gasteiger partial charge in [-0.05, 0) is 19.9 Å². The summed E-state index contributed by atoms with van der Waals surface area (Å²) in [5, 5.41) is 10.1. The number of nitrogens with one attached hydrogen (secondary N) is 1. The Morgan fingerprint density at radius 3 is 2.56 bits per heavy atom. The molecule has 0 saturated carbocycles. The SMILES string of the molecule is CCN(CC)c1c(C#N)c(=O)[nH]c2ccccc12. The molecule has 4 heteroatoms. The van der Waals surface area contributed by atoms with Gasteiger partial charge in [0.1, 0.15) is 11.6 Å². The maximum atomic E-state index is 11.9. The van der Waals surface area contributed by atoms with E-state index in [0.29, 0.717) is 0 Å². The molecule has 1 aromatic carbocycles. The van der Waals surface area contributed by atoms with Gasteiger partial charge in [0.15, 0.2) is 0 Å². The van der Waals surface area contributed by atoms with Crippen molar-refractivity contribution < 1.29 is 0 Å². The van der Waals surface area contributed by atoms with E-state index in [1.807, 2.05) is 49.1 Å². The highest BCUT2D eigenvalue weighted by molar-refractivity contribution is 5.94. The smallest absolute Gasteiger partial charge is 0.268 e. The molecule has 1 N–H and O–H groups in total. The summed E-state index contributed by atoms with van der Waals surface area (Å²) in [6, 6.07) is 9.58. The highest BCUT2D eigenvalue weighted by Crippen LogP contribution is 2.26. The number of H-pyrrole nitrogens is 1. The van der Waals surface area contributed by atoms with Crippen LogP contribution in [0, 0.1) is 11.3 Å². The lowest BCUT2D eigenvalue weighted by atomic mass is 10.1. The van der Waals surface area contributed by atoms with Gasteiger partial charge in [-0.15, -0.1) is 0 Å². The summed E-state index contributed by atoms with van der Waals surface area (Å²) in [6.45, 7) is 5.55. The Bertz CT molecular complexity index is 663. The first kappa shape index (κ1) is 12.2. The number of rotatable bonds is 3. The van der Waals surface area contributed by atoms with Crippen LogP contribution >= 0.6 is 0 Å². The number of hydrogen-bond acceptors (Lipinski definition) is 3. The number of nitrogens with zero attached hydrogens (tertiary/aromatic N) is 2. The van der Waals surface area contributed by atoms with Crippen LogP contribution in [0.3, 0.4) is 0 Å². The van der Waals surface area contributed by atoms with Gasteiger partial charge in [0.05, 0.1) is 11.2 Å². The van der Waals surface area contributed by atoms with E-state index in [2.05, 4.69) is 4.98 Å².